The number of benzene rings is 1. The Hall–Kier alpha value is -4.14. The van der Waals surface area contributed by atoms with E-state index in [1.54, 1.807) is 30.0 Å². The first-order valence-electron chi connectivity index (χ1n) is 9.67. The summed E-state index contributed by atoms with van der Waals surface area (Å²) in [6.07, 6.45) is 3.17. The molecule has 0 radical (unpaired) electrons. The van der Waals surface area contributed by atoms with Gasteiger partial charge in [0, 0.05) is 37.7 Å². The zero-order valence-corrected chi connectivity index (χ0v) is 17.6. The van der Waals surface area contributed by atoms with Crippen LogP contribution in [0.25, 0.3) is 16.9 Å². The summed E-state index contributed by atoms with van der Waals surface area (Å²) in [6.45, 7) is 4.05. The number of nitrogens with zero attached hydrogens (tertiary/aromatic N) is 6. The van der Waals surface area contributed by atoms with Crippen LogP contribution in [0.3, 0.4) is 0 Å². The summed E-state index contributed by atoms with van der Waals surface area (Å²) >= 11 is 0. The molecule has 3 heterocycles. The van der Waals surface area contributed by atoms with E-state index < -0.39 is 0 Å². The number of pyridine rings is 1. The van der Waals surface area contributed by atoms with E-state index in [1.165, 1.54) is 10.9 Å². The molecular formula is C22H23N7O2. The van der Waals surface area contributed by atoms with Crippen molar-refractivity contribution in [1.29, 1.82) is 0 Å². The number of nitrogens with one attached hydrogen (secondary N) is 1. The summed E-state index contributed by atoms with van der Waals surface area (Å²) in [5, 5.41) is 3.58. The molecule has 0 bridgehead atoms. The molecule has 9 heteroatoms. The van der Waals surface area contributed by atoms with Crippen LogP contribution in [0.2, 0.25) is 0 Å². The van der Waals surface area contributed by atoms with Crippen molar-refractivity contribution in [2.45, 2.75) is 6.54 Å². The van der Waals surface area contributed by atoms with Crippen LogP contribution < -0.4 is 20.5 Å². The smallest absolute Gasteiger partial charge is 0.278 e. The summed E-state index contributed by atoms with van der Waals surface area (Å²) in [6, 6.07) is 13.2. The highest BCUT2D eigenvalue weighted by molar-refractivity contribution is 5.77. The minimum absolute atomic E-state index is 0.221. The van der Waals surface area contributed by atoms with Gasteiger partial charge in [-0.15, -0.1) is 6.58 Å². The van der Waals surface area contributed by atoms with Gasteiger partial charge in [-0.25, -0.2) is 14.3 Å². The fraction of sp³-hybridized carbons (Fsp3) is 0.182. The van der Waals surface area contributed by atoms with Gasteiger partial charge in [0.15, 0.2) is 11.5 Å². The van der Waals surface area contributed by atoms with Crippen LogP contribution >= 0.6 is 0 Å². The van der Waals surface area contributed by atoms with Gasteiger partial charge in [0.25, 0.3) is 5.56 Å². The largest absolute Gasteiger partial charge is 0.481 e. The average molecular weight is 417 g/mol. The maximum absolute atomic E-state index is 13.0. The van der Waals surface area contributed by atoms with E-state index in [0.717, 1.165) is 11.4 Å². The molecule has 0 saturated carbocycles. The van der Waals surface area contributed by atoms with Crippen molar-refractivity contribution in [3.63, 3.8) is 0 Å². The topological polar surface area (TPSA) is 90.1 Å². The number of aromatic nitrogens is 5. The van der Waals surface area contributed by atoms with E-state index >= 15 is 0 Å². The van der Waals surface area contributed by atoms with Crippen molar-refractivity contribution in [2.75, 3.05) is 31.4 Å². The van der Waals surface area contributed by atoms with Gasteiger partial charge in [-0.3, -0.25) is 4.79 Å². The zero-order valence-electron chi connectivity index (χ0n) is 17.6. The average Bonchev–Trinajstić information content (AvgIpc) is 3.05. The lowest BCUT2D eigenvalue weighted by molar-refractivity contribution is 0.396. The lowest BCUT2D eigenvalue weighted by atomic mass is 10.2. The first kappa shape index (κ1) is 20.1. The Kier molecular flexibility index (Phi) is 5.40. The molecule has 1 N–H and O–H groups in total. The third-order valence-corrected chi connectivity index (χ3v) is 4.75. The highest BCUT2D eigenvalue weighted by atomic mass is 16.5. The predicted octanol–water partition coefficient (Wildman–Crippen LogP) is 2.98. The maximum atomic E-state index is 13.0. The second-order valence-electron chi connectivity index (χ2n) is 7.02. The number of hydrogen-bond donors (Lipinski definition) is 1. The lowest BCUT2D eigenvalue weighted by Gasteiger charge is -2.13. The molecule has 9 nitrogen and oxygen atoms in total. The van der Waals surface area contributed by atoms with Gasteiger partial charge in [0.05, 0.1) is 13.7 Å². The van der Waals surface area contributed by atoms with E-state index in [-0.39, 0.29) is 5.56 Å². The molecule has 158 valence electrons. The molecule has 31 heavy (non-hydrogen) atoms. The number of hydrogen-bond acceptors (Lipinski definition) is 7. The number of fused-ring (bicyclic) bond motifs is 1. The van der Waals surface area contributed by atoms with Gasteiger partial charge < -0.3 is 15.0 Å². The third-order valence-electron chi connectivity index (χ3n) is 4.75. The normalized spacial score (nSPS) is 10.8. The van der Waals surface area contributed by atoms with Crippen LogP contribution in [-0.2, 0) is 6.54 Å². The van der Waals surface area contributed by atoms with Crippen LogP contribution in [0.15, 0.2) is 66.1 Å². The molecule has 0 unspecified atom stereocenters. The highest BCUT2D eigenvalue weighted by Gasteiger charge is 2.18. The summed E-state index contributed by atoms with van der Waals surface area (Å²) in [7, 11) is 5.51. The molecule has 0 saturated heterocycles. The third kappa shape index (κ3) is 3.85. The highest BCUT2D eigenvalue weighted by Crippen LogP contribution is 2.21. The van der Waals surface area contributed by atoms with Crippen molar-refractivity contribution in [3.05, 3.63) is 71.7 Å². The van der Waals surface area contributed by atoms with E-state index in [9.17, 15) is 4.79 Å². The first-order chi connectivity index (χ1) is 15.0. The Morgan fingerprint density at radius 1 is 1.16 bits per heavy atom. The molecule has 0 amide bonds. The van der Waals surface area contributed by atoms with E-state index in [4.69, 9.17) is 4.74 Å². The van der Waals surface area contributed by atoms with Crippen molar-refractivity contribution < 1.29 is 4.74 Å². The van der Waals surface area contributed by atoms with Crippen LogP contribution in [0.5, 0.6) is 5.88 Å². The molecule has 0 fully saturated rings. The summed E-state index contributed by atoms with van der Waals surface area (Å²) in [5.41, 5.74) is 2.14. The number of ether oxygens (including phenoxy) is 1. The molecule has 0 aliphatic rings. The minimum atomic E-state index is -0.221. The van der Waals surface area contributed by atoms with Gasteiger partial charge in [0.2, 0.25) is 11.8 Å². The van der Waals surface area contributed by atoms with Gasteiger partial charge in [-0.05, 0) is 30.3 Å². The molecule has 0 aliphatic carbocycles. The molecule has 4 aromatic rings. The molecule has 4 rings (SSSR count). The van der Waals surface area contributed by atoms with Crippen LogP contribution in [0.4, 0.5) is 17.3 Å². The standard InChI is InChI=1S/C22H23N7O2/c1-5-13-28-21(30)17-14-23-22(24-15-9-11-16(12-10-15)27(2)3)26-20(17)29(28)18-7-6-8-19(25-18)31-4/h5-12,14H,1,13H2,2-4H3,(H,23,24,26). The number of rotatable bonds is 7. The Morgan fingerprint density at radius 2 is 1.94 bits per heavy atom. The fourth-order valence-corrected chi connectivity index (χ4v) is 3.22. The Balaban J connectivity index is 1.82. The minimum Gasteiger partial charge on any atom is -0.481 e. The first-order valence-corrected chi connectivity index (χ1v) is 9.67. The lowest BCUT2D eigenvalue weighted by Crippen LogP contribution is -2.22. The van der Waals surface area contributed by atoms with Gasteiger partial charge >= 0.3 is 0 Å². The number of allylic oxidation sites excluding steroid dienone is 1. The molecule has 3 aromatic heterocycles. The predicted molar refractivity (Wildman–Crippen MR) is 122 cm³/mol. The SMILES string of the molecule is C=CCn1c(=O)c2cnc(Nc3ccc(N(C)C)cc3)nc2n1-c1cccc(OC)n1. The number of methoxy groups -OCH3 is 1. The molecular weight excluding hydrogens is 394 g/mol. The van der Waals surface area contributed by atoms with E-state index in [2.05, 4.69) is 26.8 Å². The Labute approximate surface area is 179 Å². The molecule has 0 aliphatic heterocycles. The van der Waals surface area contributed by atoms with Crippen LogP contribution in [0.1, 0.15) is 0 Å². The summed E-state index contributed by atoms with van der Waals surface area (Å²) < 4.78 is 8.42. The molecule has 0 atom stereocenters. The van der Waals surface area contributed by atoms with Gasteiger partial charge in [0.1, 0.15) is 5.39 Å². The van der Waals surface area contributed by atoms with Gasteiger partial charge in [-0.1, -0.05) is 12.1 Å². The van der Waals surface area contributed by atoms with E-state index in [0.29, 0.717) is 35.2 Å². The van der Waals surface area contributed by atoms with Crippen molar-refractivity contribution >= 4 is 28.4 Å². The van der Waals surface area contributed by atoms with Crippen molar-refractivity contribution in [3.8, 4) is 11.7 Å². The number of anilines is 3. The fourth-order valence-electron chi connectivity index (χ4n) is 3.22. The monoisotopic (exact) mass is 417 g/mol. The quantitative estimate of drug-likeness (QED) is 0.462. The molecule has 1 aromatic carbocycles. The van der Waals surface area contributed by atoms with Crippen LogP contribution in [0, 0.1) is 0 Å². The van der Waals surface area contributed by atoms with Crippen molar-refractivity contribution in [2.24, 2.45) is 0 Å². The van der Waals surface area contributed by atoms with Gasteiger partial charge in [-0.2, -0.15) is 9.97 Å². The van der Waals surface area contributed by atoms with Crippen molar-refractivity contribution in [1.82, 2.24) is 24.3 Å². The Bertz CT molecular complexity index is 1290. The summed E-state index contributed by atoms with van der Waals surface area (Å²) in [4.78, 5) is 28.4. The second-order valence-corrected chi connectivity index (χ2v) is 7.02. The Morgan fingerprint density at radius 3 is 2.61 bits per heavy atom. The maximum Gasteiger partial charge on any atom is 0.278 e. The molecule has 0 spiro atoms. The van der Waals surface area contributed by atoms with Crippen LogP contribution in [-0.4, -0.2) is 45.5 Å². The van der Waals surface area contributed by atoms with E-state index in [1.807, 2.05) is 49.3 Å². The second kappa shape index (κ2) is 8.31. The summed E-state index contributed by atoms with van der Waals surface area (Å²) in [5.74, 6) is 1.32. The zero-order chi connectivity index (χ0) is 22.0.